The molecule has 0 saturated carbocycles. The lowest BCUT2D eigenvalue weighted by molar-refractivity contribution is -0.127. The monoisotopic (exact) mass is 470 g/mol. The highest BCUT2D eigenvalue weighted by atomic mass is 19.4. The van der Waals surface area contributed by atoms with Crippen LogP contribution < -0.4 is 5.32 Å². The van der Waals surface area contributed by atoms with Gasteiger partial charge in [0.2, 0.25) is 0 Å². The number of oxime groups is 1. The fourth-order valence-electron chi connectivity index (χ4n) is 3.17. The standard InChI is InChI=1S/C23H23F5N2O3/c1-13-6-5-7-16(19(11-32-4)22(31)29-3)18(13)12-33-30-14(2)17-9-21(25)20(24)8-15(17)10-23(26,27)28/h5-9,11H,10,12H2,1-4H3,(H,29,31)/b19-11+,30-14+. The van der Waals surface area contributed by atoms with Crippen molar-refractivity contribution in [2.24, 2.45) is 5.16 Å². The number of rotatable bonds is 8. The molecule has 0 spiro atoms. The summed E-state index contributed by atoms with van der Waals surface area (Å²) in [5.41, 5.74) is 1.33. The summed E-state index contributed by atoms with van der Waals surface area (Å²) >= 11 is 0. The van der Waals surface area contributed by atoms with Crippen LogP contribution in [0.3, 0.4) is 0 Å². The molecular formula is C23H23F5N2O3. The zero-order valence-corrected chi connectivity index (χ0v) is 18.4. The summed E-state index contributed by atoms with van der Waals surface area (Å²) in [6.07, 6.45) is -4.80. The van der Waals surface area contributed by atoms with E-state index in [1.54, 1.807) is 25.1 Å². The molecule has 2 aromatic carbocycles. The van der Waals surface area contributed by atoms with Gasteiger partial charge in [0, 0.05) is 18.2 Å². The second-order valence-corrected chi connectivity index (χ2v) is 7.11. The van der Waals surface area contributed by atoms with E-state index in [4.69, 9.17) is 9.57 Å². The molecule has 5 nitrogen and oxygen atoms in total. The second kappa shape index (κ2) is 10.9. The summed E-state index contributed by atoms with van der Waals surface area (Å²) in [5.74, 6) is -3.09. The Balaban J connectivity index is 2.37. The van der Waals surface area contributed by atoms with Crippen LogP contribution >= 0.6 is 0 Å². The molecule has 33 heavy (non-hydrogen) atoms. The molecule has 0 aliphatic carbocycles. The van der Waals surface area contributed by atoms with E-state index in [9.17, 15) is 26.7 Å². The van der Waals surface area contributed by atoms with Crippen LogP contribution in [0.25, 0.3) is 5.57 Å². The lowest BCUT2D eigenvalue weighted by atomic mass is 9.96. The molecule has 0 unspecified atom stereocenters. The van der Waals surface area contributed by atoms with Gasteiger partial charge < -0.3 is 14.9 Å². The van der Waals surface area contributed by atoms with E-state index in [0.29, 0.717) is 23.3 Å². The predicted octanol–water partition coefficient (Wildman–Crippen LogP) is 5.05. The summed E-state index contributed by atoms with van der Waals surface area (Å²) in [5, 5.41) is 6.32. The van der Waals surface area contributed by atoms with Crippen LogP contribution in [-0.2, 0) is 27.4 Å². The number of nitrogens with one attached hydrogen (secondary N) is 1. The molecule has 0 radical (unpaired) electrons. The van der Waals surface area contributed by atoms with Crippen molar-refractivity contribution < 1.29 is 36.3 Å². The molecule has 0 aliphatic rings. The number of methoxy groups -OCH3 is 1. The molecule has 0 bridgehead atoms. The number of hydrogen-bond donors (Lipinski definition) is 1. The molecule has 1 amide bonds. The maximum absolute atomic E-state index is 13.7. The smallest absolute Gasteiger partial charge is 0.393 e. The van der Waals surface area contributed by atoms with Crippen molar-refractivity contribution in [3.05, 3.63) is 76.0 Å². The van der Waals surface area contributed by atoms with Gasteiger partial charge in [-0.1, -0.05) is 23.4 Å². The fraction of sp³-hybridized carbons (Fsp3) is 0.304. The molecule has 0 aromatic heterocycles. The van der Waals surface area contributed by atoms with Crippen LogP contribution in [0.2, 0.25) is 0 Å². The molecule has 0 heterocycles. The van der Waals surface area contributed by atoms with E-state index in [1.165, 1.54) is 27.3 Å². The molecule has 10 heteroatoms. The van der Waals surface area contributed by atoms with Gasteiger partial charge in [-0.2, -0.15) is 13.2 Å². The van der Waals surface area contributed by atoms with Crippen LogP contribution in [0.5, 0.6) is 0 Å². The van der Waals surface area contributed by atoms with E-state index in [1.807, 2.05) is 0 Å². The van der Waals surface area contributed by atoms with Gasteiger partial charge in [0.15, 0.2) is 11.6 Å². The van der Waals surface area contributed by atoms with Crippen molar-refractivity contribution in [1.82, 2.24) is 5.32 Å². The van der Waals surface area contributed by atoms with Crippen molar-refractivity contribution in [3.8, 4) is 0 Å². The number of amides is 1. The van der Waals surface area contributed by atoms with Crippen molar-refractivity contribution in [3.63, 3.8) is 0 Å². The number of carbonyl (C=O) groups excluding carboxylic acids is 1. The Morgan fingerprint density at radius 1 is 1.15 bits per heavy atom. The number of halogens is 5. The van der Waals surface area contributed by atoms with Crippen molar-refractivity contribution in [2.45, 2.75) is 33.1 Å². The largest absolute Gasteiger partial charge is 0.504 e. The first kappa shape index (κ1) is 25.8. The van der Waals surface area contributed by atoms with Crippen molar-refractivity contribution >= 4 is 17.2 Å². The lowest BCUT2D eigenvalue weighted by Crippen LogP contribution is -2.20. The van der Waals surface area contributed by atoms with Crippen molar-refractivity contribution in [1.29, 1.82) is 0 Å². The lowest BCUT2D eigenvalue weighted by Gasteiger charge is -2.15. The predicted molar refractivity (Wildman–Crippen MR) is 113 cm³/mol. The Kier molecular flexibility index (Phi) is 8.56. The zero-order chi connectivity index (χ0) is 24.8. The van der Waals surface area contributed by atoms with Gasteiger partial charge in [0.05, 0.1) is 31.1 Å². The van der Waals surface area contributed by atoms with Crippen LogP contribution in [-0.4, -0.2) is 32.0 Å². The van der Waals surface area contributed by atoms with E-state index in [0.717, 1.165) is 5.56 Å². The number of aryl methyl sites for hydroxylation is 1. The number of hydrogen-bond acceptors (Lipinski definition) is 4. The maximum Gasteiger partial charge on any atom is 0.393 e. The quantitative estimate of drug-likeness (QED) is 0.193. The van der Waals surface area contributed by atoms with E-state index in [2.05, 4.69) is 10.5 Å². The first-order valence-corrected chi connectivity index (χ1v) is 9.74. The Morgan fingerprint density at radius 2 is 1.82 bits per heavy atom. The molecule has 178 valence electrons. The van der Waals surface area contributed by atoms with Gasteiger partial charge in [0.1, 0.15) is 6.61 Å². The molecule has 1 N–H and O–H groups in total. The molecule has 2 rings (SSSR count). The van der Waals surface area contributed by atoms with Crippen LogP contribution in [0.15, 0.2) is 41.7 Å². The normalized spacial score (nSPS) is 12.5. The fourth-order valence-corrected chi connectivity index (χ4v) is 3.17. The number of benzene rings is 2. The number of likely N-dealkylation sites (N-methyl/N-ethyl adjacent to an activating group) is 1. The van der Waals surface area contributed by atoms with E-state index < -0.39 is 35.7 Å². The minimum atomic E-state index is -4.62. The molecule has 0 atom stereocenters. The SMILES string of the molecule is CNC(=O)/C(=C/OC)c1cccc(C)c1CO/N=C(\C)c1cc(F)c(F)cc1CC(F)(F)F. The summed E-state index contributed by atoms with van der Waals surface area (Å²) in [4.78, 5) is 17.6. The van der Waals surface area contributed by atoms with E-state index in [-0.39, 0.29) is 23.5 Å². The van der Waals surface area contributed by atoms with Gasteiger partial charge >= 0.3 is 6.18 Å². The summed E-state index contributed by atoms with van der Waals surface area (Å²) in [7, 11) is 2.86. The first-order chi connectivity index (χ1) is 15.5. The van der Waals surface area contributed by atoms with Gasteiger partial charge in [-0.05, 0) is 42.7 Å². The third-order valence-corrected chi connectivity index (χ3v) is 4.74. The Labute approximate surface area is 187 Å². The number of nitrogens with zero attached hydrogens (tertiary/aromatic N) is 1. The minimum absolute atomic E-state index is 0.0674. The topological polar surface area (TPSA) is 59.9 Å². The van der Waals surface area contributed by atoms with Crippen molar-refractivity contribution in [2.75, 3.05) is 14.2 Å². The van der Waals surface area contributed by atoms with Gasteiger partial charge in [-0.3, -0.25) is 4.79 Å². The Hall–Kier alpha value is -3.43. The third-order valence-electron chi connectivity index (χ3n) is 4.74. The number of carbonyl (C=O) groups is 1. The second-order valence-electron chi connectivity index (χ2n) is 7.11. The zero-order valence-electron chi connectivity index (χ0n) is 18.4. The average Bonchev–Trinajstić information content (AvgIpc) is 2.74. The molecule has 0 saturated heterocycles. The third kappa shape index (κ3) is 6.77. The molecule has 0 aliphatic heterocycles. The van der Waals surface area contributed by atoms with Gasteiger partial charge in [0.25, 0.3) is 5.91 Å². The summed E-state index contributed by atoms with van der Waals surface area (Å²) in [6, 6.07) is 6.35. The highest BCUT2D eigenvalue weighted by molar-refractivity contribution is 6.19. The summed E-state index contributed by atoms with van der Waals surface area (Å²) < 4.78 is 70.9. The van der Waals surface area contributed by atoms with Crippen LogP contribution in [0, 0.1) is 18.6 Å². The summed E-state index contributed by atoms with van der Waals surface area (Å²) in [6.45, 7) is 2.96. The highest BCUT2D eigenvalue weighted by Crippen LogP contribution is 2.27. The van der Waals surface area contributed by atoms with Gasteiger partial charge in [-0.15, -0.1) is 0 Å². The van der Waals surface area contributed by atoms with Crippen LogP contribution in [0.4, 0.5) is 22.0 Å². The Morgan fingerprint density at radius 3 is 2.42 bits per heavy atom. The molecular weight excluding hydrogens is 447 g/mol. The average molecular weight is 470 g/mol. The van der Waals surface area contributed by atoms with Crippen LogP contribution in [0.1, 0.15) is 34.7 Å². The number of ether oxygens (including phenoxy) is 1. The number of alkyl halides is 3. The van der Waals surface area contributed by atoms with Gasteiger partial charge in [-0.25, -0.2) is 8.78 Å². The minimum Gasteiger partial charge on any atom is -0.504 e. The van der Waals surface area contributed by atoms with E-state index >= 15 is 0 Å². The molecule has 2 aromatic rings. The highest BCUT2D eigenvalue weighted by Gasteiger charge is 2.30. The maximum atomic E-state index is 13.7. The first-order valence-electron chi connectivity index (χ1n) is 9.74. The molecule has 0 fully saturated rings. The Bertz CT molecular complexity index is 1080.